The minimum atomic E-state index is -3.74. The number of carbonyl (C=O) groups is 2. The van der Waals surface area contributed by atoms with Crippen molar-refractivity contribution in [2.45, 2.75) is 37.1 Å². The van der Waals surface area contributed by atoms with Crippen molar-refractivity contribution in [2.75, 3.05) is 11.1 Å². The van der Waals surface area contributed by atoms with Crippen molar-refractivity contribution < 1.29 is 18.0 Å². The fraction of sp³-hybridized carbons (Fsp3) is 0.214. The molecule has 0 radical (unpaired) electrons. The number of hydrogen-bond acceptors (Lipinski definition) is 6. The summed E-state index contributed by atoms with van der Waals surface area (Å²) < 4.78 is 27.2. The van der Waals surface area contributed by atoms with E-state index in [4.69, 9.17) is 34.8 Å². The van der Waals surface area contributed by atoms with E-state index >= 15 is 0 Å². The SMILES string of the molecule is Cc1cc(Cl)cc(C(=O)NC2CC2)c1NC(=O)c1cc(CCS(=O)(=O)c2ccccc2Cl)nn1-c1ncccc1Cl. The summed E-state index contributed by atoms with van der Waals surface area (Å²) >= 11 is 18.7. The van der Waals surface area contributed by atoms with Gasteiger partial charge in [-0.3, -0.25) is 9.59 Å². The summed E-state index contributed by atoms with van der Waals surface area (Å²) in [6.45, 7) is 1.73. The third kappa shape index (κ3) is 6.56. The van der Waals surface area contributed by atoms with E-state index in [0.717, 1.165) is 12.8 Å². The molecule has 1 aliphatic carbocycles. The average Bonchev–Trinajstić information content (AvgIpc) is 3.64. The van der Waals surface area contributed by atoms with E-state index in [1.54, 1.807) is 37.3 Å². The van der Waals surface area contributed by atoms with Gasteiger partial charge in [-0.1, -0.05) is 46.9 Å². The van der Waals surface area contributed by atoms with Gasteiger partial charge in [0.1, 0.15) is 5.69 Å². The van der Waals surface area contributed by atoms with Gasteiger partial charge >= 0.3 is 0 Å². The van der Waals surface area contributed by atoms with Crippen LogP contribution >= 0.6 is 34.8 Å². The Morgan fingerprint density at radius 2 is 1.73 bits per heavy atom. The van der Waals surface area contributed by atoms with Crippen LogP contribution in [0.25, 0.3) is 5.82 Å². The predicted octanol–water partition coefficient (Wildman–Crippen LogP) is 5.70. The molecule has 5 rings (SSSR count). The largest absolute Gasteiger partial charge is 0.349 e. The van der Waals surface area contributed by atoms with Crippen molar-refractivity contribution in [1.82, 2.24) is 20.1 Å². The fourth-order valence-electron chi connectivity index (χ4n) is 4.21. The molecule has 2 aromatic heterocycles. The number of aromatic nitrogens is 3. The van der Waals surface area contributed by atoms with Crippen molar-refractivity contribution in [1.29, 1.82) is 0 Å². The molecule has 0 spiro atoms. The topological polar surface area (TPSA) is 123 Å². The van der Waals surface area contributed by atoms with Gasteiger partial charge in [-0.2, -0.15) is 5.10 Å². The van der Waals surface area contributed by atoms with Crippen LogP contribution in [0.15, 0.2) is 65.7 Å². The van der Waals surface area contributed by atoms with Crippen molar-refractivity contribution in [3.05, 3.63) is 98.4 Å². The Kier molecular flexibility index (Phi) is 8.37. The fourth-order valence-corrected chi connectivity index (χ4v) is 6.52. The zero-order chi connectivity index (χ0) is 29.3. The van der Waals surface area contributed by atoms with Crippen molar-refractivity contribution in [3.8, 4) is 5.82 Å². The van der Waals surface area contributed by atoms with E-state index in [1.807, 2.05) is 0 Å². The van der Waals surface area contributed by atoms with Crippen LogP contribution in [0.1, 0.15) is 44.9 Å². The molecule has 9 nitrogen and oxygen atoms in total. The molecule has 1 aliphatic rings. The lowest BCUT2D eigenvalue weighted by Gasteiger charge is -2.15. The highest BCUT2D eigenvalue weighted by atomic mass is 35.5. The third-order valence-corrected chi connectivity index (χ3v) is 9.15. The van der Waals surface area contributed by atoms with Crippen LogP contribution in [-0.4, -0.2) is 46.8 Å². The summed E-state index contributed by atoms with van der Waals surface area (Å²) in [7, 11) is -3.74. The summed E-state index contributed by atoms with van der Waals surface area (Å²) in [6.07, 6.45) is 3.27. The molecule has 4 aromatic rings. The second-order valence-electron chi connectivity index (χ2n) is 9.59. The second kappa shape index (κ2) is 11.8. The van der Waals surface area contributed by atoms with Gasteiger partial charge in [-0.05, 0) is 67.8 Å². The van der Waals surface area contributed by atoms with E-state index < -0.39 is 15.7 Å². The van der Waals surface area contributed by atoms with Crippen LogP contribution in [0.2, 0.25) is 15.1 Å². The molecular weight excluding hydrogens is 609 g/mol. The molecule has 2 heterocycles. The first-order chi connectivity index (χ1) is 19.5. The summed E-state index contributed by atoms with van der Waals surface area (Å²) in [5.74, 6) is -1.07. The number of carbonyl (C=O) groups excluding carboxylic acids is 2. The van der Waals surface area contributed by atoms with Gasteiger partial charge in [0.15, 0.2) is 15.7 Å². The molecule has 2 N–H and O–H groups in total. The number of hydrogen-bond donors (Lipinski definition) is 2. The summed E-state index contributed by atoms with van der Waals surface area (Å²) in [4.78, 5) is 30.9. The lowest BCUT2D eigenvalue weighted by molar-refractivity contribution is 0.0952. The zero-order valence-corrected chi connectivity index (χ0v) is 24.8. The number of sulfone groups is 1. The summed E-state index contributed by atoms with van der Waals surface area (Å²) in [5, 5.41) is 10.9. The van der Waals surface area contributed by atoms with Gasteiger partial charge in [-0.25, -0.2) is 18.1 Å². The first-order valence-electron chi connectivity index (χ1n) is 12.6. The molecular formula is C28H24Cl3N5O4S. The second-order valence-corrected chi connectivity index (χ2v) is 12.9. The molecule has 13 heteroatoms. The maximum absolute atomic E-state index is 13.7. The highest BCUT2D eigenvalue weighted by Crippen LogP contribution is 2.29. The number of nitrogens with one attached hydrogen (secondary N) is 2. The van der Waals surface area contributed by atoms with Gasteiger partial charge in [0.2, 0.25) is 0 Å². The molecule has 2 amide bonds. The van der Waals surface area contributed by atoms with Gasteiger partial charge in [0.05, 0.1) is 37.6 Å². The molecule has 0 saturated heterocycles. The van der Waals surface area contributed by atoms with Crippen LogP contribution in [0.3, 0.4) is 0 Å². The van der Waals surface area contributed by atoms with Gasteiger partial charge < -0.3 is 10.6 Å². The first kappa shape index (κ1) is 29.1. The summed E-state index contributed by atoms with van der Waals surface area (Å²) in [5.41, 5.74) is 1.45. The number of rotatable bonds is 9. The number of nitrogens with zero attached hydrogens (tertiary/aromatic N) is 3. The molecule has 0 aliphatic heterocycles. The number of aryl methyl sites for hydroxylation is 2. The predicted molar refractivity (Wildman–Crippen MR) is 158 cm³/mol. The lowest BCUT2D eigenvalue weighted by atomic mass is 10.1. The molecule has 0 atom stereocenters. The Hall–Kier alpha value is -3.44. The monoisotopic (exact) mass is 631 g/mol. The summed E-state index contributed by atoms with van der Waals surface area (Å²) in [6, 6.07) is 14.1. The van der Waals surface area contributed by atoms with E-state index in [2.05, 4.69) is 20.7 Å². The highest BCUT2D eigenvalue weighted by molar-refractivity contribution is 7.91. The molecule has 0 unspecified atom stereocenters. The molecule has 1 fully saturated rings. The van der Waals surface area contributed by atoms with Crippen molar-refractivity contribution >= 4 is 62.1 Å². The van der Waals surface area contributed by atoms with Crippen LogP contribution in [0.5, 0.6) is 0 Å². The van der Waals surface area contributed by atoms with Crippen LogP contribution < -0.4 is 10.6 Å². The van der Waals surface area contributed by atoms with Crippen LogP contribution in [-0.2, 0) is 16.3 Å². The quantitative estimate of drug-likeness (QED) is 0.244. The van der Waals surface area contributed by atoms with Gasteiger partial charge in [0.25, 0.3) is 11.8 Å². The average molecular weight is 633 g/mol. The minimum absolute atomic E-state index is 0.0136. The Labute approximate surface area is 251 Å². The van der Waals surface area contributed by atoms with Crippen molar-refractivity contribution in [2.24, 2.45) is 0 Å². The minimum Gasteiger partial charge on any atom is -0.349 e. The van der Waals surface area contributed by atoms with Crippen molar-refractivity contribution in [3.63, 3.8) is 0 Å². The number of halogens is 3. The zero-order valence-electron chi connectivity index (χ0n) is 21.7. The molecule has 41 heavy (non-hydrogen) atoms. The smallest absolute Gasteiger partial charge is 0.274 e. The number of amides is 2. The maximum Gasteiger partial charge on any atom is 0.274 e. The Bertz CT molecular complexity index is 1770. The molecule has 0 bridgehead atoms. The molecule has 2 aromatic carbocycles. The Morgan fingerprint density at radius 3 is 2.44 bits per heavy atom. The molecule has 1 saturated carbocycles. The number of benzene rings is 2. The highest BCUT2D eigenvalue weighted by Gasteiger charge is 2.27. The first-order valence-corrected chi connectivity index (χ1v) is 15.4. The van der Waals surface area contributed by atoms with Gasteiger partial charge in [0, 0.05) is 23.7 Å². The Balaban J connectivity index is 1.48. The van der Waals surface area contributed by atoms with Crippen LogP contribution in [0, 0.1) is 6.92 Å². The van der Waals surface area contributed by atoms with Crippen LogP contribution in [0.4, 0.5) is 5.69 Å². The van der Waals surface area contributed by atoms with E-state index in [-0.39, 0.29) is 56.1 Å². The maximum atomic E-state index is 13.7. The third-order valence-electron chi connectivity index (χ3n) is 6.43. The van der Waals surface area contributed by atoms with E-state index in [0.29, 0.717) is 22.0 Å². The number of pyridine rings is 1. The van der Waals surface area contributed by atoms with E-state index in [9.17, 15) is 18.0 Å². The lowest BCUT2D eigenvalue weighted by Crippen LogP contribution is -2.27. The number of anilines is 1. The van der Waals surface area contributed by atoms with Gasteiger partial charge in [-0.15, -0.1) is 0 Å². The standard InChI is InChI=1S/C28H24Cl3N5O4S/c1-16-13-17(29)14-20(27(37)33-18-8-9-18)25(16)34-28(38)23-15-19(35-36(23)26-22(31)6-4-11-32-26)10-12-41(39,40)24-7-3-2-5-21(24)30/h2-7,11,13-15,18H,8-10,12H2,1H3,(H,33,37)(H,34,38). The normalized spacial score (nSPS) is 13.2. The molecule has 212 valence electrons. The van der Waals surface area contributed by atoms with E-state index in [1.165, 1.54) is 35.1 Å². The Morgan fingerprint density at radius 1 is 1.00 bits per heavy atom.